The molecule has 0 radical (unpaired) electrons. The van der Waals surface area contributed by atoms with Gasteiger partial charge in [0, 0.05) is 29.7 Å². The smallest absolute Gasteiger partial charge is 0.263 e. The largest absolute Gasteiger partial charge is 0.478 e. The van der Waals surface area contributed by atoms with Gasteiger partial charge in [-0.05, 0) is 64.3 Å². The Kier molecular flexibility index (Phi) is 8.32. The summed E-state index contributed by atoms with van der Waals surface area (Å²) >= 11 is 5.89. The van der Waals surface area contributed by atoms with Crippen molar-refractivity contribution in [2.75, 3.05) is 13.1 Å². The predicted molar refractivity (Wildman–Crippen MR) is 117 cm³/mol. The number of nitrogens with one attached hydrogen (secondary N) is 1. The molecule has 5 nitrogen and oxygen atoms in total. The molecular weight excluding hydrogens is 388 g/mol. The SMILES string of the molecule is C/C=C\C(=C/CC)C(=O)N1CCC(NC(=O)C(C)(C)Oc2ccc(Cl)cc2)CC1. The number of carbonyl (C=O) groups excluding carboxylic acids is 2. The molecule has 0 atom stereocenters. The summed E-state index contributed by atoms with van der Waals surface area (Å²) in [5.74, 6) is 0.480. The van der Waals surface area contributed by atoms with E-state index in [1.165, 1.54) is 0 Å². The third kappa shape index (κ3) is 6.64. The van der Waals surface area contributed by atoms with Gasteiger partial charge in [-0.25, -0.2) is 0 Å². The Morgan fingerprint density at radius 2 is 1.86 bits per heavy atom. The number of benzene rings is 1. The van der Waals surface area contributed by atoms with Crippen LogP contribution < -0.4 is 10.1 Å². The molecule has 0 bridgehead atoms. The van der Waals surface area contributed by atoms with E-state index in [-0.39, 0.29) is 17.9 Å². The molecule has 0 unspecified atom stereocenters. The van der Waals surface area contributed by atoms with E-state index in [0.29, 0.717) is 23.9 Å². The number of carbonyl (C=O) groups is 2. The van der Waals surface area contributed by atoms with Crippen LogP contribution in [0, 0.1) is 0 Å². The van der Waals surface area contributed by atoms with Crippen LogP contribution in [0.4, 0.5) is 0 Å². The molecule has 0 aromatic heterocycles. The summed E-state index contributed by atoms with van der Waals surface area (Å²) in [5, 5.41) is 3.69. The van der Waals surface area contributed by atoms with Gasteiger partial charge in [0.25, 0.3) is 11.8 Å². The fraction of sp³-hybridized carbons (Fsp3) is 0.478. The van der Waals surface area contributed by atoms with Crippen molar-refractivity contribution in [2.45, 2.75) is 58.6 Å². The summed E-state index contributed by atoms with van der Waals surface area (Å²) in [6, 6.07) is 6.97. The zero-order chi connectivity index (χ0) is 21.4. The van der Waals surface area contributed by atoms with Gasteiger partial charge in [-0.3, -0.25) is 9.59 Å². The van der Waals surface area contributed by atoms with E-state index in [1.54, 1.807) is 38.1 Å². The minimum Gasteiger partial charge on any atom is -0.478 e. The number of piperidine rings is 1. The molecular formula is C23H31ClN2O3. The van der Waals surface area contributed by atoms with Gasteiger partial charge in [0.2, 0.25) is 0 Å². The molecule has 1 aromatic rings. The number of amides is 2. The summed E-state index contributed by atoms with van der Waals surface area (Å²) in [5.41, 5.74) is -0.279. The molecule has 0 aliphatic carbocycles. The third-order valence-corrected chi connectivity index (χ3v) is 5.12. The highest BCUT2D eigenvalue weighted by Gasteiger charge is 2.33. The van der Waals surface area contributed by atoms with Crippen LogP contribution in [-0.4, -0.2) is 41.4 Å². The molecule has 2 amide bonds. The Morgan fingerprint density at radius 3 is 2.41 bits per heavy atom. The lowest BCUT2D eigenvalue weighted by atomic mass is 10.0. The monoisotopic (exact) mass is 418 g/mol. The van der Waals surface area contributed by atoms with Crippen LogP contribution in [0.25, 0.3) is 0 Å². The Bertz CT molecular complexity index is 761. The van der Waals surface area contributed by atoms with Gasteiger partial charge in [-0.2, -0.15) is 0 Å². The average Bonchev–Trinajstić information content (AvgIpc) is 2.69. The predicted octanol–water partition coefficient (Wildman–Crippen LogP) is 4.52. The van der Waals surface area contributed by atoms with Gasteiger partial charge in [0.1, 0.15) is 5.75 Å². The van der Waals surface area contributed by atoms with Crippen molar-refractivity contribution in [2.24, 2.45) is 0 Å². The molecule has 29 heavy (non-hydrogen) atoms. The van der Waals surface area contributed by atoms with Gasteiger partial charge in [0.15, 0.2) is 5.60 Å². The highest BCUT2D eigenvalue weighted by molar-refractivity contribution is 6.30. The van der Waals surface area contributed by atoms with E-state index < -0.39 is 5.60 Å². The molecule has 2 rings (SSSR count). The number of allylic oxidation sites excluding steroid dienone is 2. The first-order valence-electron chi connectivity index (χ1n) is 10.1. The molecule has 6 heteroatoms. The van der Waals surface area contributed by atoms with Crippen LogP contribution in [0.5, 0.6) is 5.75 Å². The Balaban J connectivity index is 1.89. The number of hydrogen-bond acceptors (Lipinski definition) is 3. The zero-order valence-corrected chi connectivity index (χ0v) is 18.5. The molecule has 0 saturated carbocycles. The van der Waals surface area contributed by atoms with Crippen LogP contribution in [0.1, 0.15) is 47.0 Å². The van der Waals surface area contributed by atoms with E-state index in [1.807, 2.05) is 37.0 Å². The van der Waals surface area contributed by atoms with E-state index in [0.717, 1.165) is 24.8 Å². The van der Waals surface area contributed by atoms with Crippen molar-refractivity contribution in [1.29, 1.82) is 0 Å². The molecule has 1 aliphatic rings. The van der Waals surface area contributed by atoms with Crippen molar-refractivity contribution in [3.05, 3.63) is 53.1 Å². The van der Waals surface area contributed by atoms with Crippen LogP contribution in [0.3, 0.4) is 0 Å². The van der Waals surface area contributed by atoms with Crippen LogP contribution >= 0.6 is 11.6 Å². The van der Waals surface area contributed by atoms with Gasteiger partial charge in [-0.1, -0.05) is 36.8 Å². The van der Waals surface area contributed by atoms with Gasteiger partial charge in [0.05, 0.1) is 0 Å². The second kappa shape index (κ2) is 10.5. The second-order valence-electron chi connectivity index (χ2n) is 7.67. The third-order valence-electron chi connectivity index (χ3n) is 4.87. The molecule has 1 heterocycles. The number of ether oxygens (including phenoxy) is 1. The number of likely N-dealkylation sites (tertiary alicyclic amines) is 1. The number of rotatable bonds is 7. The maximum Gasteiger partial charge on any atom is 0.263 e. The standard InChI is InChI=1S/C23H31ClN2O3/c1-5-7-17(8-6-2)21(27)26-15-13-19(14-16-26)25-22(28)23(3,4)29-20-11-9-18(24)10-12-20/h5,7-12,19H,6,13-16H2,1-4H3,(H,25,28)/b7-5-,17-8+. The molecule has 1 saturated heterocycles. The summed E-state index contributed by atoms with van der Waals surface area (Å²) in [6.07, 6.45) is 7.96. The fourth-order valence-electron chi connectivity index (χ4n) is 3.24. The maximum atomic E-state index is 12.7. The van der Waals surface area contributed by atoms with Crippen molar-refractivity contribution in [1.82, 2.24) is 10.2 Å². The first-order chi connectivity index (χ1) is 13.8. The summed E-state index contributed by atoms with van der Waals surface area (Å²) in [6.45, 7) is 8.67. The average molecular weight is 419 g/mol. The Morgan fingerprint density at radius 1 is 1.24 bits per heavy atom. The lowest BCUT2D eigenvalue weighted by Gasteiger charge is -2.34. The van der Waals surface area contributed by atoms with Crippen LogP contribution in [0.2, 0.25) is 5.02 Å². The molecule has 1 N–H and O–H groups in total. The summed E-state index contributed by atoms with van der Waals surface area (Å²) in [7, 11) is 0. The Hall–Kier alpha value is -2.27. The number of hydrogen-bond donors (Lipinski definition) is 1. The van der Waals surface area contributed by atoms with Crippen LogP contribution in [0.15, 0.2) is 48.1 Å². The minimum atomic E-state index is -1.01. The highest BCUT2D eigenvalue weighted by atomic mass is 35.5. The zero-order valence-electron chi connectivity index (χ0n) is 17.7. The lowest BCUT2D eigenvalue weighted by Crippen LogP contribution is -2.53. The molecule has 0 spiro atoms. The topological polar surface area (TPSA) is 58.6 Å². The first kappa shape index (κ1) is 23.0. The van der Waals surface area contributed by atoms with E-state index in [4.69, 9.17) is 16.3 Å². The Labute approximate surface area is 178 Å². The maximum absolute atomic E-state index is 12.7. The summed E-state index contributed by atoms with van der Waals surface area (Å²) in [4.78, 5) is 27.3. The number of halogens is 1. The van der Waals surface area contributed by atoms with Crippen molar-refractivity contribution in [3.8, 4) is 5.75 Å². The lowest BCUT2D eigenvalue weighted by molar-refractivity contribution is -0.135. The first-order valence-corrected chi connectivity index (χ1v) is 10.5. The van der Waals surface area contributed by atoms with Crippen molar-refractivity contribution >= 4 is 23.4 Å². The second-order valence-corrected chi connectivity index (χ2v) is 8.11. The summed E-state index contributed by atoms with van der Waals surface area (Å²) < 4.78 is 5.85. The molecule has 1 aromatic carbocycles. The molecule has 1 fully saturated rings. The molecule has 158 valence electrons. The van der Waals surface area contributed by atoms with Gasteiger partial charge < -0.3 is 15.0 Å². The van der Waals surface area contributed by atoms with E-state index >= 15 is 0 Å². The molecule has 1 aliphatic heterocycles. The fourth-order valence-corrected chi connectivity index (χ4v) is 3.36. The van der Waals surface area contributed by atoms with Gasteiger partial charge >= 0.3 is 0 Å². The normalized spacial score (nSPS) is 16.2. The van der Waals surface area contributed by atoms with Crippen LogP contribution in [-0.2, 0) is 9.59 Å². The van der Waals surface area contributed by atoms with E-state index in [2.05, 4.69) is 5.32 Å². The quantitative estimate of drug-likeness (QED) is 0.523. The number of nitrogens with zero attached hydrogens (tertiary/aromatic N) is 1. The van der Waals surface area contributed by atoms with E-state index in [9.17, 15) is 9.59 Å². The minimum absolute atomic E-state index is 0.0277. The van der Waals surface area contributed by atoms with Crippen molar-refractivity contribution < 1.29 is 14.3 Å². The highest BCUT2D eigenvalue weighted by Crippen LogP contribution is 2.22. The van der Waals surface area contributed by atoms with Crippen molar-refractivity contribution in [3.63, 3.8) is 0 Å². The van der Waals surface area contributed by atoms with Gasteiger partial charge in [-0.15, -0.1) is 0 Å².